The fourth-order valence-electron chi connectivity index (χ4n) is 5.45. The van der Waals surface area contributed by atoms with Crippen LogP contribution in [0.4, 0.5) is 0 Å². The lowest BCUT2D eigenvalue weighted by atomic mass is 9.67. The third kappa shape index (κ3) is 4.08. The number of fused-ring (bicyclic) bond motifs is 1. The van der Waals surface area contributed by atoms with Gasteiger partial charge >= 0.3 is 0 Å². The van der Waals surface area contributed by atoms with Crippen molar-refractivity contribution in [3.05, 3.63) is 65.2 Å². The van der Waals surface area contributed by atoms with Gasteiger partial charge in [-0.15, -0.1) is 0 Å². The molecule has 2 aliphatic rings. The fraction of sp³-hybridized carbons (Fsp3) is 0.538. The fourth-order valence-corrected chi connectivity index (χ4v) is 5.45. The van der Waals surface area contributed by atoms with Crippen molar-refractivity contribution in [1.29, 1.82) is 0 Å². The van der Waals surface area contributed by atoms with Crippen LogP contribution in [0.1, 0.15) is 75.2 Å². The molecule has 1 heteroatoms. The van der Waals surface area contributed by atoms with Crippen LogP contribution in [-0.4, -0.2) is 0 Å². The number of rotatable bonds is 5. The first kappa shape index (κ1) is 18.6. The van der Waals surface area contributed by atoms with Crippen molar-refractivity contribution >= 4 is 0 Å². The van der Waals surface area contributed by atoms with Crippen LogP contribution in [0.15, 0.2) is 48.5 Å². The Hall–Kier alpha value is -1.76. The van der Waals surface area contributed by atoms with E-state index in [1.165, 1.54) is 61.6 Å². The summed E-state index contributed by atoms with van der Waals surface area (Å²) in [5, 5.41) is 0. The number of ether oxygens (including phenoxy) is 1. The minimum absolute atomic E-state index is 0.211. The molecule has 0 N–H and O–H groups in total. The van der Waals surface area contributed by atoms with E-state index in [-0.39, 0.29) is 6.10 Å². The number of benzene rings is 2. The predicted molar refractivity (Wildman–Crippen MR) is 113 cm³/mol. The Morgan fingerprint density at radius 2 is 1.85 bits per heavy atom. The average Bonchev–Trinajstić information content (AvgIpc) is 2.74. The van der Waals surface area contributed by atoms with E-state index in [0.717, 1.165) is 24.0 Å². The van der Waals surface area contributed by atoms with Crippen LogP contribution in [0.5, 0.6) is 5.75 Å². The molecule has 1 saturated carbocycles. The lowest BCUT2D eigenvalue weighted by Crippen LogP contribution is -2.33. The third-order valence-electron chi connectivity index (χ3n) is 7.07. The van der Waals surface area contributed by atoms with E-state index in [1.807, 2.05) is 0 Å². The molecule has 0 bridgehead atoms. The maximum atomic E-state index is 6.76. The Morgan fingerprint density at radius 1 is 0.963 bits per heavy atom. The number of hydrogen-bond acceptors (Lipinski definition) is 1. The Bertz CT molecular complexity index is 749. The molecule has 0 radical (unpaired) electrons. The van der Waals surface area contributed by atoms with Crippen LogP contribution in [-0.2, 0) is 12.8 Å². The van der Waals surface area contributed by atoms with Gasteiger partial charge in [-0.25, -0.2) is 0 Å². The molecular formula is C26H34O. The molecule has 0 heterocycles. The molecule has 0 amide bonds. The zero-order valence-electron chi connectivity index (χ0n) is 17.0. The first-order valence-electron chi connectivity index (χ1n) is 11.1. The van der Waals surface area contributed by atoms with Gasteiger partial charge in [-0.3, -0.25) is 0 Å². The molecule has 0 spiro atoms. The molecule has 1 unspecified atom stereocenters. The van der Waals surface area contributed by atoms with Crippen molar-refractivity contribution in [2.24, 2.45) is 17.8 Å². The highest BCUT2D eigenvalue weighted by Crippen LogP contribution is 2.47. The lowest BCUT2D eigenvalue weighted by Gasteiger charge is -2.41. The minimum atomic E-state index is 0.211. The maximum absolute atomic E-state index is 6.76. The van der Waals surface area contributed by atoms with Gasteiger partial charge in [0, 0.05) is 5.92 Å². The van der Waals surface area contributed by atoms with Crippen molar-refractivity contribution in [3.63, 3.8) is 0 Å². The molecule has 4 rings (SSSR count). The van der Waals surface area contributed by atoms with Crippen molar-refractivity contribution in [2.45, 2.75) is 71.3 Å². The van der Waals surface area contributed by atoms with Crippen molar-refractivity contribution in [2.75, 3.05) is 0 Å². The van der Waals surface area contributed by atoms with Gasteiger partial charge in [0.1, 0.15) is 11.9 Å². The number of aryl methyl sites for hydroxylation is 2. The highest BCUT2D eigenvalue weighted by atomic mass is 16.5. The summed E-state index contributed by atoms with van der Waals surface area (Å²) >= 11 is 0. The topological polar surface area (TPSA) is 9.23 Å². The molecule has 2 aromatic carbocycles. The molecule has 27 heavy (non-hydrogen) atoms. The van der Waals surface area contributed by atoms with Gasteiger partial charge in [-0.05, 0) is 66.3 Å². The van der Waals surface area contributed by atoms with E-state index in [4.69, 9.17) is 4.74 Å². The lowest BCUT2D eigenvalue weighted by molar-refractivity contribution is 0.0522. The molecule has 0 saturated heterocycles. The van der Waals surface area contributed by atoms with E-state index in [9.17, 15) is 0 Å². The Morgan fingerprint density at radius 3 is 2.70 bits per heavy atom. The summed E-state index contributed by atoms with van der Waals surface area (Å²) in [6.45, 7) is 4.58. The second-order valence-electron chi connectivity index (χ2n) is 8.64. The van der Waals surface area contributed by atoms with Crippen LogP contribution in [0.3, 0.4) is 0 Å². The highest BCUT2D eigenvalue weighted by Gasteiger charge is 2.38. The highest BCUT2D eigenvalue weighted by molar-refractivity contribution is 5.35. The molecule has 4 atom stereocenters. The SMILES string of the molecule is CCc1cccc(O[C@H]2c3ccccc3CC[C@@H]2C2CCC[C@H](CC)C2)c1. The summed E-state index contributed by atoms with van der Waals surface area (Å²) in [5.74, 6) is 3.44. The zero-order chi connectivity index (χ0) is 18.6. The van der Waals surface area contributed by atoms with Gasteiger partial charge in [0.2, 0.25) is 0 Å². The third-order valence-corrected chi connectivity index (χ3v) is 7.07. The normalized spacial score (nSPS) is 27.8. The first-order chi connectivity index (χ1) is 13.3. The van der Waals surface area contributed by atoms with Crippen molar-refractivity contribution in [3.8, 4) is 5.75 Å². The molecule has 0 aromatic heterocycles. The summed E-state index contributed by atoms with van der Waals surface area (Å²) in [6, 6.07) is 17.7. The smallest absolute Gasteiger partial charge is 0.127 e. The van der Waals surface area contributed by atoms with Crippen LogP contribution in [0, 0.1) is 17.8 Å². The largest absolute Gasteiger partial charge is 0.485 e. The molecule has 1 nitrogen and oxygen atoms in total. The van der Waals surface area contributed by atoms with Gasteiger partial charge in [0.05, 0.1) is 0 Å². The molecule has 2 aromatic rings. The predicted octanol–water partition coefficient (Wildman–Crippen LogP) is 7.15. The van der Waals surface area contributed by atoms with Crippen LogP contribution in [0.25, 0.3) is 0 Å². The molecule has 144 valence electrons. The molecular weight excluding hydrogens is 328 g/mol. The summed E-state index contributed by atoms with van der Waals surface area (Å²) in [7, 11) is 0. The zero-order valence-corrected chi connectivity index (χ0v) is 17.0. The van der Waals surface area contributed by atoms with Crippen LogP contribution >= 0.6 is 0 Å². The van der Waals surface area contributed by atoms with E-state index in [1.54, 1.807) is 0 Å². The van der Waals surface area contributed by atoms with Gasteiger partial charge in [-0.1, -0.05) is 75.9 Å². The Balaban J connectivity index is 1.63. The average molecular weight is 363 g/mol. The molecule has 1 fully saturated rings. The van der Waals surface area contributed by atoms with Crippen molar-refractivity contribution < 1.29 is 4.74 Å². The summed E-state index contributed by atoms with van der Waals surface area (Å²) in [4.78, 5) is 0. The van der Waals surface area contributed by atoms with E-state index >= 15 is 0 Å². The van der Waals surface area contributed by atoms with Gasteiger partial charge in [-0.2, -0.15) is 0 Å². The summed E-state index contributed by atoms with van der Waals surface area (Å²) in [5.41, 5.74) is 4.29. The van der Waals surface area contributed by atoms with Crippen LogP contribution in [0.2, 0.25) is 0 Å². The standard InChI is InChI=1S/C26H34O/c1-3-19-9-7-12-22(17-19)25-16-15-21-11-5-6-14-24(21)26(25)27-23-13-8-10-20(4-2)18-23/h5-6,8,10-11,13-14,18-19,22,25-26H,3-4,7,9,12,15-17H2,1-2H3/t19-,22?,25+,26-/m0/s1. The van der Waals surface area contributed by atoms with Gasteiger partial charge < -0.3 is 4.74 Å². The quantitative estimate of drug-likeness (QED) is 0.549. The minimum Gasteiger partial charge on any atom is -0.485 e. The second kappa shape index (κ2) is 8.50. The first-order valence-corrected chi connectivity index (χ1v) is 11.1. The van der Waals surface area contributed by atoms with Crippen molar-refractivity contribution in [1.82, 2.24) is 0 Å². The summed E-state index contributed by atoms with van der Waals surface area (Å²) < 4.78 is 6.76. The Kier molecular flexibility index (Phi) is 5.86. The van der Waals surface area contributed by atoms with E-state index in [2.05, 4.69) is 62.4 Å². The maximum Gasteiger partial charge on any atom is 0.127 e. The Labute approximate surface area is 165 Å². The van der Waals surface area contributed by atoms with E-state index < -0.39 is 0 Å². The molecule has 2 aliphatic carbocycles. The monoisotopic (exact) mass is 362 g/mol. The number of hydrogen-bond donors (Lipinski definition) is 0. The van der Waals surface area contributed by atoms with Gasteiger partial charge in [0.25, 0.3) is 0 Å². The molecule has 0 aliphatic heterocycles. The van der Waals surface area contributed by atoms with E-state index in [0.29, 0.717) is 5.92 Å². The van der Waals surface area contributed by atoms with Gasteiger partial charge in [0.15, 0.2) is 0 Å². The van der Waals surface area contributed by atoms with Crippen LogP contribution < -0.4 is 4.74 Å². The second-order valence-corrected chi connectivity index (χ2v) is 8.64. The summed E-state index contributed by atoms with van der Waals surface area (Å²) in [6.07, 6.45) is 10.7.